The van der Waals surface area contributed by atoms with Crippen molar-refractivity contribution in [2.24, 2.45) is 15.7 Å². The van der Waals surface area contributed by atoms with Crippen LogP contribution >= 0.6 is 0 Å². The van der Waals surface area contributed by atoms with E-state index in [1.165, 1.54) is 6.33 Å². The van der Waals surface area contributed by atoms with Gasteiger partial charge in [0.25, 0.3) is 5.91 Å². The Balaban J connectivity index is 1.57. The molecule has 0 aliphatic heterocycles. The molecule has 5 rings (SSSR count). The lowest BCUT2D eigenvalue weighted by Gasteiger charge is -2.34. The van der Waals surface area contributed by atoms with Crippen LogP contribution in [0.25, 0.3) is 16.6 Å². The number of fused-ring (bicyclic) bond motifs is 1. The lowest BCUT2D eigenvalue weighted by Crippen LogP contribution is -2.34. The number of amides is 1. The zero-order chi connectivity index (χ0) is 20.1. The van der Waals surface area contributed by atoms with Crippen molar-refractivity contribution in [3.05, 3.63) is 43.1 Å². The summed E-state index contributed by atoms with van der Waals surface area (Å²) >= 11 is 0. The van der Waals surface area contributed by atoms with Gasteiger partial charge in [0.1, 0.15) is 12.0 Å². The van der Waals surface area contributed by atoms with Gasteiger partial charge in [0, 0.05) is 27.6 Å². The Labute approximate surface area is 169 Å². The Morgan fingerprint density at radius 2 is 2.03 bits per heavy atom. The summed E-state index contributed by atoms with van der Waals surface area (Å²) in [6.07, 6.45) is 11.5. The Bertz CT molecular complexity index is 1200. The first-order chi connectivity index (χ1) is 14.0. The smallest absolute Gasteiger partial charge is 0.259 e. The van der Waals surface area contributed by atoms with Crippen LogP contribution in [0.5, 0.6) is 0 Å². The van der Waals surface area contributed by atoms with Gasteiger partial charge in [-0.3, -0.25) is 4.79 Å². The Morgan fingerprint density at radius 1 is 1.28 bits per heavy atom. The topological polar surface area (TPSA) is 90.1 Å². The van der Waals surface area contributed by atoms with Crippen LogP contribution in [0.1, 0.15) is 39.0 Å². The van der Waals surface area contributed by atoms with E-state index in [0.29, 0.717) is 16.6 Å². The number of nitrogens with zero attached hydrogens (tertiary/aromatic N) is 5. The van der Waals surface area contributed by atoms with Gasteiger partial charge in [0.15, 0.2) is 0 Å². The molecule has 0 N–H and O–H groups in total. The second kappa shape index (κ2) is 6.73. The maximum Gasteiger partial charge on any atom is 0.259 e. The lowest BCUT2D eigenvalue weighted by molar-refractivity contribution is -0.130. The summed E-state index contributed by atoms with van der Waals surface area (Å²) in [5.74, 6) is 0.654. The summed E-state index contributed by atoms with van der Waals surface area (Å²) in [6.45, 7) is 1.94. The van der Waals surface area contributed by atoms with Crippen molar-refractivity contribution in [3.8, 4) is 5.69 Å². The summed E-state index contributed by atoms with van der Waals surface area (Å²) in [5, 5.41) is 5.40. The molecule has 2 aromatic heterocycles. The molecule has 0 spiro atoms. The van der Waals surface area contributed by atoms with Crippen LogP contribution < -0.4 is 0 Å². The van der Waals surface area contributed by atoms with Crippen LogP contribution in [0.4, 0.5) is 0 Å². The van der Waals surface area contributed by atoms with Gasteiger partial charge in [0.2, 0.25) is 0 Å². The van der Waals surface area contributed by atoms with Crippen LogP contribution in [-0.2, 0) is 14.5 Å². The fourth-order valence-corrected chi connectivity index (χ4v) is 6.12. The molecule has 2 aliphatic carbocycles. The molecule has 3 aromatic rings. The van der Waals surface area contributed by atoms with E-state index >= 15 is 0 Å². The molecular weight excluding hydrogens is 386 g/mol. The minimum absolute atomic E-state index is 0.202. The standard InChI is InChI=1S/C21H23N5O2S/c1-21(7-2-8-21)20(27)25-29(28,13-15-3-4-15)18-5-6-19-16(9-18)12-26(24-19)17-10-22-14-23-11-17/h5-6,9-12,14-15H,2-4,7-8,13H2,1H3. The van der Waals surface area contributed by atoms with E-state index < -0.39 is 15.1 Å². The van der Waals surface area contributed by atoms with E-state index in [9.17, 15) is 9.00 Å². The van der Waals surface area contributed by atoms with Gasteiger partial charge < -0.3 is 0 Å². The predicted octanol–water partition coefficient (Wildman–Crippen LogP) is 3.77. The second-order valence-corrected chi connectivity index (χ2v) is 10.7. The number of hydrogen-bond acceptors (Lipinski definition) is 5. The minimum Gasteiger partial charge on any atom is -0.271 e. The molecule has 1 amide bonds. The molecule has 8 heteroatoms. The number of carbonyl (C=O) groups excluding carboxylic acids is 1. The third-order valence-corrected chi connectivity index (χ3v) is 8.39. The molecule has 2 saturated carbocycles. The third-order valence-electron chi connectivity index (χ3n) is 6.02. The predicted molar refractivity (Wildman–Crippen MR) is 110 cm³/mol. The van der Waals surface area contributed by atoms with Crippen molar-refractivity contribution >= 4 is 26.5 Å². The maximum atomic E-state index is 13.9. The first-order valence-electron chi connectivity index (χ1n) is 9.99. The van der Waals surface area contributed by atoms with E-state index in [1.807, 2.05) is 31.3 Å². The summed E-state index contributed by atoms with van der Waals surface area (Å²) in [5.41, 5.74) is 1.10. The number of aromatic nitrogens is 4. The average molecular weight is 410 g/mol. The molecule has 7 nitrogen and oxygen atoms in total. The summed E-state index contributed by atoms with van der Waals surface area (Å²) in [7, 11) is -2.80. The van der Waals surface area contributed by atoms with E-state index in [-0.39, 0.29) is 5.91 Å². The first-order valence-corrected chi connectivity index (χ1v) is 11.7. The molecule has 1 unspecified atom stereocenters. The number of hydrogen-bond donors (Lipinski definition) is 0. The molecule has 150 valence electrons. The third kappa shape index (κ3) is 3.46. The van der Waals surface area contributed by atoms with Crippen molar-refractivity contribution < 1.29 is 9.00 Å². The van der Waals surface area contributed by atoms with Gasteiger partial charge in [-0.15, -0.1) is 0 Å². The summed E-state index contributed by atoms with van der Waals surface area (Å²) in [4.78, 5) is 21.5. The Hall–Kier alpha value is -2.61. The maximum absolute atomic E-state index is 13.9. The highest BCUT2D eigenvalue weighted by Crippen LogP contribution is 2.42. The average Bonchev–Trinajstić information content (AvgIpc) is 3.40. The molecule has 0 saturated heterocycles. The van der Waals surface area contributed by atoms with E-state index in [1.54, 1.807) is 17.1 Å². The van der Waals surface area contributed by atoms with Crippen molar-refractivity contribution in [1.82, 2.24) is 19.7 Å². The normalized spacial score (nSPS) is 20.0. The zero-order valence-corrected chi connectivity index (χ0v) is 17.1. The highest BCUT2D eigenvalue weighted by atomic mass is 32.2. The molecule has 0 radical (unpaired) electrons. The van der Waals surface area contributed by atoms with Gasteiger partial charge in [-0.25, -0.2) is 18.9 Å². The largest absolute Gasteiger partial charge is 0.271 e. The minimum atomic E-state index is -2.80. The van der Waals surface area contributed by atoms with E-state index in [4.69, 9.17) is 0 Å². The van der Waals surface area contributed by atoms with Gasteiger partial charge in [-0.05, 0) is 49.8 Å². The molecule has 1 aromatic carbocycles. The zero-order valence-electron chi connectivity index (χ0n) is 16.3. The van der Waals surface area contributed by atoms with Gasteiger partial charge in [0.05, 0.1) is 27.6 Å². The van der Waals surface area contributed by atoms with Crippen molar-refractivity contribution in [3.63, 3.8) is 0 Å². The van der Waals surface area contributed by atoms with Gasteiger partial charge in [-0.2, -0.15) is 9.46 Å². The highest BCUT2D eigenvalue weighted by molar-refractivity contribution is 7.94. The molecule has 1 atom stereocenters. The molecule has 0 bridgehead atoms. The fraction of sp³-hybridized carbons (Fsp3) is 0.429. The number of carbonyl (C=O) groups is 1. The van der Waals surface area contributed by atoms with E-state index in [2.05, 4.69) is 19.4 Å². The fourth-order valence-electron chi connectivity index (χ4n) is 3.70. The van der Waals surface area contributed by atoms with Gasteiger partial charge >= 0.3 is 0 Å². The van der Waals surface area contributed by atoms with Gasteiger partial charge in [-0.1, -0.05) is 13.3 Å². The first kappa shape index (κ1) is 18.4. The quantitative estimate of drug-likeness (QED) is 0.640. The van der Waals surface area contributed by atoms with Crippen LogP contribution in [0.15, 0.2) is 52.4 Å². The molecular formula is C21H23N5O2S. The molecule has 2 aliphatic rings. The molecule has 2 heterocycles. The molecule has 2 fully saturated rings. The SMILES string of the molecule is CC1(C(=O)N=S(=O)(CC2CC2)c2ccc3nn(-c4cncnc4)cc3c2)CCC1. The number of benzene rings is 1. The lowest BCUT2D eigenvalue weighted by atomic mass is 9.70. The van der Waals surface area contributed by atoms with Crippen LogP contribution in [0.3, 0.4) is 0 Å². The summed E-state index contributed by atoms with van der Waals surface area (Å²) < 4.78 is 20.0. The van der Waals surface area contributed by atoms with Crippen LogP contribution in [0.2, 0.25) is 0 Å². The summed E-state index contributed by atoms with van der Waals surface area (Å²) in [6, 6.07) is 5.53. The molecule has 29 heavy (non-hydrogen) atoms. The second-order valence-electron chi connectivity index (χ2n) is 8.45. The Kier molecular flexibility index (Phi) is 4.27. The van der Waals surface area contributed by atoms with Crippen molar-refractivity contribution in [2.75, 3.05) is 5.75 Å². The van der Waals surface area contributed by atoms with Crippen molar-refractivity contribution in [1.29, 1.82) is 0 Å². The van der Waals surface area contributed by atoms with Crippen molar-refractivity contribution in [2.45, 2.75) is 43.9 Å². The Morgan fingerprint density at radius 3 is 2.69 bits per heavy atom. The number of rotatable bonds is 5. The van der Waals surface area contributed by atoms with Crippen LogP contribution in [0, 0.1) is 11.3 Å². The van der Waals surface area contributed by atoms with Crippen LogP contribution in [-0.4, -0.2) is 35.6 Å². The highest BCUT2D eigenvalue weighted by Gasteiger charge is 2.40. The van der Waals surface area contributed by atoms with E-state index in [0.717, 1.165) is 48.7 Å². The monoisotopic (exact) mass is 409 g/mol.